The molecule has 4 aromatic rings. The van der Waals surface area contributed by atoms with Crippen LogP contribution in [-0.4, -0.2) is 53.7 Å². The van der Waals surface area contributed by atoms with Gasteiger partial charge < -0.3 is 19.5 Å². The average Bonchev–Trinajstić information content (AvgIpc) is 2.91. The zero-order valence-corrected chi connectivity index (χ0v) is 19.5. The number of carbonyl (C=O) groups is 1. The first-order valence-electron chi connectivity index (χ1n) is 11.6. The first-order valence-corrected chi connectivity index (χ1v) is 11.6. The van der Waals surface area contributed by atoms with Gasteiger partial charge in [0.15, 0.2) is 0 Å². The lowest BCUT2D eigenvalue weighted by atomic mass is 10.2. The van der Waals surface area contributed by atoms with Crippen molar-refractivity contribution in [3.63, 3.8) is 0 Å². The number of hydrogen-bond acceptors (Lipinski definition) is 8. The van der Waals surface area contributed by atoms with Gasteiger partial charge in [0.2, 0.25) is 0 Å². The summed E-state index contributed by atoms with van der Waals surface area (Å²) < 4.78 is 16.6. The standard InChI is InChI=1S/C28H24N4O4/c33-27(7-4-14-32-15-17-34-18-16-32)36-24-12-13-26-25(19-24)28(30-20-29-26)31-21-8-10-23(11-9-21)35-22-5-2-1-3-6-22/h1-3,5-6,8-13,19-20H,14-18H2,(H,29,30,31). The Balaban J connectivity index is 1.26. The molecule has 0 amide bonds. The van der Waals surface area contributed by atoms with Gasteiger partial charge in [-0.2, -0.15) is 0 Å². The van der Waals surface area contributed by atoms with Crippen LogP contribution in [0.5, 0.6) is 17.2 Å². The molecule has 1 N–H and O–H groups in total. The van der Waals surface area contributed by atoms with E-state index in [0.29, 0.717) is 36.7 Å². The van der Waals surface area contributed by atoms with Crippen molar-refractivity contribution in [3.8, 4) is 29.1 Å². The summed E-state index contributed by atoms with van der Waals surface area (Å²) in [5, 5.41) is 4.01. The van der Waals surface area contributed by atoms with Crippen molar-refractivity contribution < 1.29 is 19.0 Å². The fourth-order valence-electron chi connectivity index (χ4n) is 3.68. The summed E-state index contributed by atoms with van der Waals surface area (Å²) in [6.45, 7) is 3.51. The lowest BCUT2D eigenvalue weighted by molar-refractivity contribution is -0.128. The van der Waals surface area contributed by atoms with E-state index in [9.17, 15) is 4.79 Å². The summed E-state index contributed by atoms with van der Waals surface area (Å²) >= 11 is 0. The maximum Gasteiger partial charge on any atom is 0.389 e. The molecule has 0 spiro atoms. The SMILES string of the molecule is O=C(C#CCN1CCOCC1)Oc1ccc2ncnc(Nc3ccc(Oc4ccccc4)cc3)c2c1. The Hall–Kier alpha value is -4.45. The quantitative estimate of drug-likeness (QED) is 0.188. The lowest BCUT2D eigenvalue weighted by Gasteiger charge is -2.24. The molecule has 0 aliphatic carbocycles. The van der Waals surface area contributed by atoms with E-state index in [0.717, 1.165) is 35.8 Å². The minimum Gasteiger partial charge on any atom is -0.457 e. The second kappa shape index (κ2) is 11.3. The minimum absolute atomic E-state index is 0.373. The van der Waals surface area contributed by atoms with Gasteiger partial charge in [0, 0.05) is 30.1 Å². The molecular weight excluding hydrogens is 456 g/mol. The van der Waals surface area contributed by atoms with E-state index in [-0.39, 0.29) is 0 Å². The average molecular weight is 481 g/mol. The van der Waals surface area contributed by atoms with Crippen molar-refractivity contribution in [2.45, 2.75) is 0 Å². The van der Waals surface area contributed by atoms with Crippen LogP contribution < -0.4 is 14.8 Å². The third-order valence-electron chi connectivity index (χ3n) is 5.51. The summed E-state index contributed by atoms with van der Waals surface area (Å²) in [6, 6.07) is 22.4. The van der Waals surface area contributed by atoms with Crippen molar-refractivity contribution in [1.82, 2.24) is 14.9 Å². The second-order valence-corrected chi connectivity index (χ2v) is 8.05. The Morgan fingerprint density at radius 1 is 0.944 bits per heavy atom. The van der Waals surface area contributed by atoms with Crippen LogP contribution in [0.15, 0.2) is 79.1 Å². The molecule has 0 atom stereocenters. The van der Waals surface area contributed by atoms with Gasteiger partial charge in [-0.1, -0.05) is 24.1 Å². The Morgan fingerprint density at radius 3 is 2.50 bits per heavy atom. The summed E-state index contributed by atoms with van der Waals surface area (Å²) in [6.07, 6.45) is 1.49. The van der Waals surface area contributed by atoms with Crippen molar-refractivity contribution in [1.29, 1.82) is 0 Å². The monoisotopic (exact) mass is 480 g/mol. The molecule has 180 valence electrons. The number of nitrogens with zero attached hydrogens (tertiary/aromatic N) is 3. The van der Waals surface area contributed by atoms with E-state index in [4.69, 9.17) is 14.2 Å². The van der Waals surface area contributed by atoms with Gasteiger partial charge in [0.1, 0.15) is 29.4 Å². The van der Waals surface area contributed by atoms with E-state index < -0.39 is 5.97 Å². The van der Waals surface area contributed by atoms with Crippen molar-refractivity contribution in [2.24, 2.45) is 0 Å². The number of aromatic nitrogens is 2. The highest BCUT2D eigenvalue weighted by atomic mass is 16.5. The number of fused-ring (bicyclic) bond motifs is 1. The number of morpholine rings is 1. The van der Waals surface area contributed by atoms with Crippen LogP contribution in [0.4, 0.5) is 11.5 Å². The number of ether oxygens (including phenoxy) is 3. The van der Waals surface area contributed by atoms with Crippen LogP contribution in [-0.2, 0) is 9.53 Å². The van der Waals surface area contributed by atoms with E-state index in [2.05, 4.69) is 32.0 Å². The van der Waals surface area contributed by atoms with Crippen LogP contribution in [0.1, 0.15) is 0 Å². The van der Waals surface area contributed by atoms with E-state index in [1.165, 1.54) is 6.33 Å². The number of benzene rings is 3. The lowest BCUT2D eigenvalue weighted by Crippen LogP contribution is -2.36. The molecule has 0 radical (unpaired) electrons. The van der Waals surface area contributed by atoms with Gasteiger partial charge in [0.25, 0.3) is 0 Å². The Bertz CT molecular complexity index is 1390. The van der Waals surface area contributed by atoms with Gasteiger partial charge in [0.05, 0.1) is 25.3 Å². The van der Waals surface area contributed by atoms with Gasteiger partial charge in [-0.05, 0) is 54.6 Å². The molecule has 8 nitrogen and oxygen atoms in total. The molecule has 36 heavy (non-hydrogen) atoms. The van der Waals surface area contributed by atoms with E-state index in [1.807, 2.05) is 54.6 Å². The Morgan fingerprint density at radius 2 is 1.69 bits per heavy atom. The molecule has 8 heteroatoms. The normalized spacial score (nSPS) is 13.4. The third-order valence-corrected chi connectivity index (χ3v) is 5.51. The van der Waals surface area contributed by atoms with E-state index >= 15 is 0 Å². The highest BCUT2D eigenvalue weighted by Gasteiger charge is 2.10. The zero-order valence-electron chi connectivity index (χ0n) is 19.5. The predicted octanol–water partition coefficient (Wildman–Crippen LogP) is 4.41. The molecule has 1 aromatic heterocycles. The maximum absolute atomic E-state index is 12.2. The predicted molar refractivity (Wildman–Crippen MR) is 136 cm³/mol. The number of anilines is 2. The number of nitrogens with one attached hydrogen (secondary N) is 1. The number of esters is 1. The van der Waals surface area contributed by atoms with Gasteiger partial charge in [-0.15, -0.1) is 0 Å². The van der Waals surface area contributed by atoms with Crippen molar-refractivity contribution >= 4 is 28.4 Å². The molecular formula is C28H24N4O4. The zero-order chi connectivity index (χ0) is 24.6. The molecule has 5 rings (SSSR count). The maximum atomic E-state index is 12.2. The van der Waals surface area contributed by atoms with Gasteiger partial charge >= 0.3 is 5.97 Å². The fraction of sp³-hybridized carbons (Fsp3) is 0.179. The highest BCUT2D eigenvalue weighted by molar-refractivity contribution is 5.94. The summed E-state index contributed by atoms with van der Waals surface area (Å²) in [7, 11) is 0. The molecule has 1 aliphatic rings. The van der Waals surface area contributed by atoms with Crippen LogP contribution in [0.25, 0.3) is 10.9 Å². The van der Waals surface area contributed by atoms with Crippen LogP contribution in [0.2, 0.25) is 0 Å². The first kappa shape index (κ1) is 23.3. The molecule has 1 fully saturated rings. The topological polar surface area (TPSA) is 85.8 Å². The molecule has 0 saturated carbocycles. The molecule has 0 unspecified atom stereocenters. The summed E-state index contributed by atoms with van der Waals surface area (Å²) in [4.78, 5) is 23.1. The molecule has 2 heterocycles. The number of para-hydroxylation sites is 1. The van der Waals surface area contributed by atoms with Gasteiger partial charge in [-0.3, -0.25) is 4.90 Å². The van der Waals surface area contributed by atoms with Crippen molar-refractivity contribution in [2.75, 3.05) is 38.2 Å². The molecule has 1 saturated heterocycles. The number of rotatable bonds is 6. The fourth-order valence-corrected chi connectivity index (χ4v) is 3.68. The Labute approximate surface area is 208 Å². The van der Waals surface area contributed by atoms with Crippen LogP contribution in [0, 0.1) is 11.8 Å². The smallest absolute Gasteiger partial charge is 0.389 e. The molecule has 1 aliphatic heterocycles. The van der Waals surface area contributed by atoms with Crippen molar-refractivity contribution in [3.05, 3.63) is 79.1 Å². The number of hydrogen-bond donors (Lipinski definition) is 1. The van der Waals surface area contributed by atoms with Gasteiger partial charge in [-0.25, -0.2) is 14.8 Å². The van der Waals surface area contributed by atoms with Crippen LogP contribution >= 0.6 is 0 Å². The largest absolute Gasteiger partial charge is 0.457 e. The summed E-state index contributed by atoms with van der Waals surface area (Å²) in [5.74, 6) is 7.28. The minimum atomic E-state index is -0.608. The Kier molecular flexibility index (Phi) is 7.32. The highest BCUT2D eigenvalue weighted by Crippen LogP contribution is 2.28. The number of carbonyl (C=O) groups excluding carboxylic acids is 1. The molecule has 0 bridgehead atoms. The third kappa shape index (κ3) is 6.16. The summed E-state index contributed by atoms with van der Waals surface area (Å²) in [5.41, 5.74) is 1.54. The second-order valence-electron chi connectivity index (χ2n) is 8.05. The molecule has 3 aromatic carbocycles. The van der Waals surface area contributed by atoms with E-state index in [1.54, 1.807) is 18.2 Å². The van der Waals surface area contributed by atoms with Crippen LogP contribution in [0.3, 0.4) is 0 Å². The first-order chi connectivity index (χ1) is 17.7.